The molecular weight excluding hydrogens is 475 g/mol. The van der Waals surface area contributed by atoms with Crippen LogP contribution in [0.4, 0.5) is 4.39 Å². The molecule has 0 bridgehead atoms. The van der Waals surface area contributed by atoms with Crippen molar-refractivity contribution in [1.29, 1.82) is 0 Å². The fourth-order valence-electron chi connectivity index (χ4n) is 3.56. The minimum Gasteiger partial charge on any atom is -0.493 e. The number of nitrogens with zero attached hydrogens (tertiary/aromatic N) is 2. The molecular formula is C25H19FN2O4S2. The van der Waals surface area contributed by atoms with E-state index in [0.717, 1.165) is 14.6 Å². The molecule has 172 valence electrons. The fourth-order valence-corrected chi connectivity index (χ4v) is 5.59. The monoisotopic (exact) mass is 494 g/mol. The molecule has 0 fully saturated rings. The average Bonchev–Trinajstić information content (AvgIpc) is 3.47. The van der Waals surface area contributed by atoms with Gasteiger partial charge in [0.25, 0.3) is 0 Å². The Morgan fingerprint density at radius 3 is 2.32 bits per heavy atom. The topological polar surface area (TPSA) is 66.6 Å². The Hall–Kier alpha value is -3.56. The van der Waals surface area contributed by atoms with E-state index in [2.05, 4.69) is 9.97 Å². The zero-order chi connectivity index (χ0) is 23.7. The van der Waals surface area contributed by atoms with Crippen LogP contribution in [0.2, 0.25) is 0 Å². The number of benzene rings is 3. The van der Waals surface area contributed by atoms with Gasteiger partial charge in [-0.05, 0) is 48.2 Å². The van der Waals surface area contributed by atoms with E-state index in [1.54, 1.807) is 49.8 Å². The molecule has 0 atom stereocenters. The highest BCUT2D eigenvalue weighted by molar-refractivity contribution is 8.01. The van der Waals surface area contributed by atoms with Crippen LogP contribution in [-0.4, -0.2) is 31.3 Å². The van der Waals surface area contributed by atoms with Gasteiger partial charge in [-0.15, -0.1) is 11.3 Å². The number of fused-ring (bicyclic) bond motifs is 1. The number of methoxy groups -OCH3 is 3. The summed E-state index contributed by atoms with van der Waals surface area (Å²) in [5.41, 5.74) is 2.27. The molecule has 5 aromatic rings. The van der Waals surface area contributed by atoms with Gasteiger partial charge in [-0.25, -0.2) is 14.4 Å². The summed E-state index contributed by atoms with van der Waals surface area (Å²) < 4.78 is 39.1. The molecule has 0 N–H and O–H groups in total. The standard InChI is InChI=1S/C25H19FN2O4S2/c1-29-18-13-12-15(21(30-2)22(18)31-3)20-24(32-23(28-20)14-8-4-5-9-16(14)26)34-25-27-17-10-6-7-11-19(17)33-25/h4-13H,1-3H3. The van der Waals surface area contributed by atoms with Crippen LogP contribution < -0.4 is 14.2 Å². The maximum absolute atomic E-state index is 14.6. The molecule has 9 heteroatoms. The summed E-state index contributed by atoms with van der Waals surface area (Å²) in [6.07, 6.45) is 0. The van der Waals surface area contributed by atoms with Crippen LogP contribution in [0.3, 0.4) is 0 Å². The van der Waals surface area contributed by atoms with Crippen LogP contribution in [0, 0.1) is 5.82 Å². The number of ether oxygens (including phenoxy) is 3. The van der Waals surface area contributed by atoms with E-state index < -0.39 is 5.82 Å². The summed E-state index contributed by atoms with van der Waals surface area (Å²) in [6, 6.07) is 17.8. The Bertz CT molecular complexity index is 1450. The van der Waals surface area contributed by atoms with Crippen LogP contribution in [0.5, 0.6) is 17.2 Å². The molecule has 2 heterocycles. The van der Waals surface area contributed by atoms with E-state index in [4.69, 9.17) is 18.6 Å². The lowest BCUT2D eigenvalue weighted by atomic mass is 10.1. The first kappa shape index (κ1) is 22.2. The highest BCUT2D eigenvalue weighted by Gasteiger charge is 2.26. The van der Waals surface area contributed by atoms with Gasteiger partial charge in [0.15, 0.2) is 20.9 Å². The Morgan fingerprint density at radius 2 is 1.59 bits per heavy atom. The van der Waals surface area contributed by atoms with E-state index >= 15 is 0 Å². The van der Waals surface area contributed by atoms with Crippen LogP contribution in [0.15, 0.2) is 74.5 Å². The van der Waals surface area contributed by atoms with Crippen molar-refractivity contribution in [2.45, 2.75) is 9.43 Å². The summed E-state index contributed by atoms with van der Waals surface area (Å²) in [6.45, 7) is 0. The van der Waals surface area contributed by atoms with Gasteiger partial charge in [-0.1, -0.05) is 24.3 Å². The molecule has 0 aliphatic carbocycles. The van der Waals surface area contributed by atoms with Gasteiger partial charge < -0.3 is 18.6 Å². The molecule has 0 unspecified atom stereocenters. The van der Waals surface area contributed by atoms with Crippen molar-refractivity contribution in [3.63, 3.8) is 0 Å². The van der Waals surface area contributed by atoms with Crippen LogP contribution in [0.1, 0.15) is 0 Å². The quantitative estimate of drug-likeness (QED) is 0.243. The van der Waals surface area contributed by atoms with Gasteiger partial charge in [0.05, 0.1) is 42.7 Å². The first-order valence-corrected chi connectivity index (χ1v) is 11.8. The SMILES string of the molecule is COc1ccc(-c2nc(-c3ccccc3F)oc2Sc2nc3ccccc3s2)c(OC)c1OC. The van der Waals surface area contributed by atoms with Crippen molar-refractivity contribution in [3.05, 3.63) is 66.5 Å². The van der Waals surface area contributed by atoms with Gasteiger partial charge in [0.1, 0.15) is 11.5 Å². The molecule has 6 nitrogen and oxygen atoms in total. The number of hydrogen-bond acceptors (Lipinski definition) is 8. The Labute approximate surface area is 203 Å². The van der Waals surface area contributed by atoms with E-state index in [9.17, 15) is 4.39 Å². The number of para-hydroxylation sites is 1. The van der Waals surface area contributed by atoms with Crippen molar-refractivity contribution < 1.29 is 23.0 Å². The van der Waals surface area contributed by atoms with Gasteiger partial charge in [-0.3, -0.25) is 0 Å². The molecule has 0 amide bonds. The summed E-state index contributed by atoms with van der Waals surface area (Å²) in [4.78, 5) is 9.36. The average molecular weight is 495 g/mol. The lowest BCUT2D eigenvalue weighted by Crippen LogP contribution is -1.97. The summed E-state index contributed by atoms with van der Waals surface area (Å²) >= 11 is 2.87. The van der Waals surface area contributed by atoms with Crippen molar-refractivity contribution >= 4 is 33.3 Å². The second-order valence-corrected chi connectivity index (χ2v) is 9.32. The second kappa shape index (κ2) is 9.36. The van der Waals surface area contributed by atoms with E-state index in [-0.39, 0.29) is 11.5 Å². The minimum atomic E-state index is -0.425. The Kier molecular flexibility index (Phi) is 6.12. The predicted molar refractivity (Wildman–Crippen MR) is 131 cm³/mol. The van der Waals surface area contributed by atoms with Gasteiger partial charge in [0, 0.05) is 0 Å². The smallest absolute Gasteiger partial charge is 0.231 e. The highest BCUT2D eigenvalue weighted by Crippen LogP contribution is 2.48. The lowest BCUT2D eigenvalue weighted by Gasteiger charge is -2.15. The van der Waals surface area contributed by atoms with Crippen LogP contribution in [0.25, 0.3) is 32.9 Å². The lowest BCUT2D eigenvalue weighted by molar-refractivity contribution is 0.325. The Balaban J connectivity index is 1.69. The summed E-state index contributed by atoms with van der Waals surface area (Å²) in [5, 5.41) is 0.461. The molecule has 34 heavy (non-hydrogen) atoms. The maximum Gasteiger partial charge on any atom is 0.231 e. The van der Waals surface area contributed by atoms with Crippen LogP contribution in [-0.2, 0) is 0 Å². The number of rotatable bonds is 7. The summed E-state index contributed by atoms with van der Waals surface area (Å²) in [7, 11) is 4.63. The van der Waals surface area contributed by atoms with Crippen molar-refractivity contribution in [2.24, 2.45) is 0 Å². The minimum absolute atomic E-state index is 0.161. The number of oxazole rings is 1. The normalized spacial score (nSPS) is 11.1. The van der Waals surface area contributed by atoms with E-state index in [1.807, 2.05) is 30.3 Å². The molecule has 0 spiro atoms. The fraction of sp³-hybridized carbons (Fsp3) is 0.120. The molecule has 0 saturated heterocycles. The third-order valence-corrected chi connectivity index (χ3v) is 7.17. The third-order valence-electron chi connectivity index (χ3n) is 5.11. The number of halogens is 1. The highest BCUT2D eigenvalue weighted by atomic mass is 32.2. The number of hydrogen-bond donors (Lipinski definition) is 0. The molecule has 0 radical (unpaired) electrons. The third kappa shape index (κ3) is 3.97. The Morgan fingerprint density at radius 1 is 0.824 bits per heavy atom. The van der Waals surface area contributed by atoms with Crippen molar-refractivity contribution in [2.75, 3.05) is 21.3 Å². The molecule has 0 aliphatic rings. The number of thiazole rings is 1. The first-order valence-electron chi connectivity index (χ1n) is 10.2. The predicted octanol–water partition coefficient (Wildman–Crippen LogP) is 6.93. The molecule has 0 aliphatic heterocycles. The van der Waals surface area contributed by atoms with Gasteiger partial charge >= 0.3 is 0 Å². The van der Waals surface area contributed by atoms with Gasteiger partial charge in [-0.2, -0.15) is 0 Å². The number of aromatic nitrogens is 2. The van der Waals surface area contributed by atoms with Crippen molar-refractivity contribution in [3.8, 4) is 40.0 Å². The largest absolute Gasteiger partial charge is 0.493 e. The van der Waals surface area contributed by atoms with E-state index in [1.165, 1.54) is 24.9 Å². The second-order valence-electron chi connectivity index (χ2n) is 7.07. The molecule has 3 aromatic carbocycles. The van der Waals surface area contributed by atoms with Gasteiger partial charge in [0.2, 0.25) is 11.6 Å². The zero-order valence-electron chi connectivity index (χ0n) is 18.5. The molecule has 2 aromatic heterocycles. The molecule has 5 rings (SSSR count). The zero-order valence-corrected chi connectivity index (χ0v) is 20.1. The first-order chi connectivity index (χ1) is 16.6. The van der Waals surface area contributed by atoms with Crippen molar-refractivity contribution in [1.82, 2.24) is 9.97 Å². The summed E-state index contributed by atoms with van der Waals surface area (Å²) in [5.74, 6) is 1.11. The molecule has 0 saturated carbocycles. The van der Waals surface area contributed by atoms with Crippen LogP contribution >= 0.6 is 23.1 Å². The van der Waals surface area contributed by atoms with E-state index in [0.29, 0.717) is 33.6 Å². The maximum atomic E-state index is 14.6.